The second-order valence-corrected chi connectivity index (χ2v) is 6.18. The first-order valence-corrected chi connectivity index (χ1v) is 9.67. The average molecular weight is 315 g/mol. The number of hydrogen-bond donors (Lipinski definition) is 4. The zero-order chi connectivity index (χ0) is 16.3. The fourth-order valence-electron chi connectivity index (χ4n) is 2.65. The van der Waals surface area contributed by atoms with Crippen molar-refractivity contribution in [2.75, 3.05) is 52.4 Å². The molecule has 0 aliphatic heterocycles. The molecular formula is C18H42N4. The molecular weight excluding hydrogens is 272 g/mol. The van der Waals surface area contributed by atoms with Crippen LogP contribution >= 0.6 is 0 Å². The molecule has 0 amide bonds. The van der Waals surface area contributed by atoms with E-state index >= 15 is 0 Å². The molecule has 0 aliphatic carbocycles. The van der Waals surface area contributed by atoms with Gasteiger partial charge in [-0.1, -0.05) is 27.2 Å². The van der Waals surface area contributed by atoms with Crippen molar-refractivity contribution in [3.8, 4) is 0 Å². The minimum absolute atomic E-state index is 0.785. The van der Waals surface area contributed by atoms with Crippen LogP contribution in [0.2, 0.25) is 0 Å². The fraction of sp³-hybridized carbons (Fsp3) is 1.00. The molecule has 0 bridgehead atoms. The molecule has 0 heterocycles. The number of rotatable bonds is 18. The maximum atomic E-state index is 3.64. The molecule has 0 unspecified atom stereocenters. The van der Waals surface area contributed by atoms with E-state index in [4.69, 9.17) is 0 Å². The Labute approximate surface area is 139 Å². The van der Waals surface area contributed by atoms with E-state index in [1.165, 1.54) is 51.6 Å². The van der Waals surface area contributed by atoms with Gasteiger partial charge in [-0.25, -0.2) is 0 Å². The van der Waals surface area contributed by atoms with Crippen LogP contribution in [0.4, 0.5) is 0 Å². The van der Waals surface area contributed by atoms with Crippen molar-refractivity contribution in [1.29, 1.82) is 0 Å². The van der Waals surface area contributed by atoms with E-state index in [-0.39, 0.29) is 0 Å². The van der Waals surface area contributed by atoms with Gasteiger partial charge in [-0.2, -0.15) is 0 Å². The number of nitrogens with one attached hydrogen (secondary N) is 4. The molecule has 0 aliphatic rings. The van der Waals surface area contributed by atoms with Crippen LogP contribution in [0.15, 0.2) is 0 Å². The largest absolute Gasteiger partial charge is 0.317 e. The van der Waals surface area contributed by atoms with Crippen molar-refractivity contribution in [3.63, 3.8) is 0 Å². The Bertz CT molecular complexity index is 182. The summed E-state index contributed by atoms with van der Waals surface area (Å²) in [6.45, 7) is 15.8. The SMILES string of the molecule is CCCC(CNCCCCNCC)CNCCCCNCC. The highest BCUT2D eigenvalue weighted by Gasteiger charge is 2.06. The van der Waals surface area contributed by atoms with E-state index in [0.717, 1.165) is 45.2 Å². The molecule has 4 N–H and O–H groups in total. The number of hydrogen-bond acceptors (Lipinski definition) is 4. The first-order chi connectivity index (χ1) is 10.8. The Morgan fingerprint density at radius 1 is 0.591 bits per heavy atom. The van der Waals surface area contributed by atoms with Crippen LogP contribution in [0, 0.1) is 5.92 Å². The molecule has 0 radical (unpaired) electrons. The lowest BCUT2D eigenvalue weighted by Gasteiger charge is -2.18. The Balaban J connectivity index is 3.44. The van der Waals surface area contributed by atoms with Crippen LogP contribution in [-0.4, -0.2) is 52.4 Å². The summed E-state index contributed by atoms with van der Waals surface area (Å²) in [5.41, 5.74) is 0. The monoisotopic (exact) mass is 314 g/mol. The van der Waals surface area contributed by atoms with Gasteiger partial charge < -0.3 is 21.3 Å². The van der Waals surface area contributed by atoms with E-state index in [9.17, 15) is 0 Å². The Morgan fingerprint density at radius 2 is 1.00 bits per heavy atom. The first-order valence-electron chi connectivity index (χ1n) is 9.67. The molecule has 0 aromatic heterocycles. The van der Waals surface area contributed by atoms with Gasteiger partial charge in [0.25, 0.3) is 0 Å². The van der Waals surface area contributed by atoms with Crippen molar-refractivity contribution >= 4 is 0 Å². The minimum Gasteiger partial charge on any atom is -0.317 e. The Morgan fingerprint density at radius 3 is 1.36 bits per heavy atom. The van der Waals surface area contributed by atoms with Crippen molar-refractivity contribution in [2.45, 2.75) is 59.3 Å². The Hall–Kier alpha value is -0.160. The van der Waals surface area contributed by atoms with E-state index in [1.54, 1.807) is 0 Å². The lowest BCUT2D eigenvalue weighted by molar-refractivity contribution is 0.407. The van der Waals surface area contributed by atoms with Gasteiger partial charge >= 0.3 is 0 Å². The van der Waals surface area contributed by atoms with Gasteiger partial charge in [0, 0.05) is 0 Å². The topological polar surface area (TPSA) is 48.1 Å². The van der Waals surface area contributed by atoms with E-state index in [1.807, 2.05) is 0 Å². The van der Waals surface area contributed by atoms with Crippen molar-refractivity contribution < 1.29 is 0 Å². The normalized spacial score (nSPS) is 11.5. The number of unbranched alkanes of at least 4 members (excludes halogenated alkanes) is 2. The molecule has 0 saturated carbocycles. The molecule has 0 aromatic rings. The third-order valence-electron chi connectivity index (χ3n) is 3.98. The zero-order valence-corrected chi connectivity index (χ0v) is 15.5. The van der Waals surface area contributed by atoms with Crippen LogP contribution in [0.5, 0.6) is 0 Å². The second kappa shape index (κ2) is 18.9. The lowest BCUT2D eigenvalue weighted by atomic mass is 10.0. The second-order valence-electron chi connectivity index (χ2n) is 6.18. The predicted octanol–water partition coefficient (Wildman–Crippen LogP) is 2.36. The van der Waals surface area contributed by atoms with E-state index in [0.29, 0.717) is 0 Å². The highest BCUT2D eigenvalue weighted by Crippen LogP contribution is 2.04. The molecule has 0 atom stereocenters. The minimum atomic E-state index is 0.785. The summed E-state index contributed by atoms with van der Waals surface area (Å²) in [7, 11) is 0. The van der Waals surface area contributed by atoms with Gasteiger partial charge in [-0.3, -0.25) is 0 Å². The first kappa shape index (κ1) is 21.8. The quantitative estimate of drug-likeness (QED) is 0.293. The molecule has 22 heavy (non-hydrogen) atoms. The summed E-state index contributed by atoms with van der Waals surface area (Å²) < 4.78 is 0. The summed E-state index contributed by atoms with van der Waals surface area (Å²) in [6.07, 6.45) is 7.74. The van der Waals surface area contributed by atoms with Gasteiger partial charge in [-0.05, 0) is 90.4 Å². The average Bonchev–Trinajstić information content (AvgIpc) is 2.53. The fourth-order valence-corrected chi connectivity index (χ4v) is 2.65. The van der Waals surface area contributed by atoms with Crippen LogP contribution in [-0.2, 0) is 0 Å². The molecule has 4 heteroatoms. The highest BCUT2D eigenvalue weighted by molar-refractivity contribution is 4.66. The summed E-state index contributed by atoms with van der Waals surface area (Å²) in [5, 5.41) is 14.0. The summed E-state index contributed by atoms with van der Waals surface area (Å²) in [6, 6.07) is 0. The van der Waals surface area contributed by atoms with Crippen LogP contribution in [0.1, 0.15) is 59.3 Å². The summed E-state index contributed by atoms with van der Waals surface area (Å²) in [4.78, 5) is 0. The van der Waals surface area contributed by atoms with Gasteiger partial charge in [-0.15, -0.1) is 0 Å². The predicted molar refractivity (Wildman–Crippen MR) is 99.7 cm³/mol. The van der Waals surface area contributed by atoms with Crippen molar-refractivity contribution in [3.05, 3.63) is 0 Å². The third-order valence-corrected chi connectivity index (χ3v) is 3.98. The van der Waals surface area contributed by atoms with Gasteiger partial charge in [0.2, 0.25) is 0 Å². The molecule has 4 nitrogen and oxygen atoms in total. The molecule has 134 valence electrons. The standard InChI is InChI=1S/C18H42N4/c1-4-11-18(16-21-14-9-7-12-19-5-2)17-22-15-10-8-13-20-6-3/h18-22H,4-17H2,1-3H3. The maximum absolute atomic E-state index is 3.64. The molecule has 0 spiro atoms. The van der Waals surface area contributed by atoms with Gasteiger partial charge in [0.05, 0.1) is 0 Å². The van der Waals surface area contributed by atoms with Gasteiger partial charge in [0.15, 0.2) is 0 Å². The molecule has 0 aromatic carbocycles. The highest BCUT2D eigenvalue weighted by atomic mass is 14.9. The van der Waals surface area contributed by atoms with Crippen molar-refractivity contribution in [1.82, 2.24) is 21.3 Å². The van der Waals surface area contributed by atoms with Crippen molar-refractivity contribution in [2.24, 2.45) is 5.92 Å². The molecule has 0 saturated heterocycles. The van der Waals surface area contributed by atoms with Crippen LogP contribution in [0.3, 0.4) is 0 Å². The summed E-state index contributed by atoms with van der Waals surface area (Å²) in [5.74, 6) is 0.785. The van der Waals surface area contributed by atoms with E-state index < -0.39 is 0 Å². The van der Waals surface area contributed by atoms with Gasteiger partial charge in [0.1, 0.15) is 0 Å². The van der Waals surface area contributed by atoms with Crippen LogP contribution in [0.25, 0.3) is 0 Å². The third kappa shape index (κ3) is 16.2. The maximum Gasteiger partial charge on any atom is -0.000838 e. The summed E-state index contributed by atoms with van der Waals surface area (Å²) >= 11 is 0. The van der Waals surface area contributed by atoms with Crippen LogP contribution < -0.4 is 21.3 Å². The lowest BCUT2D eigenvalue weighted by Crippen LogP contribution is -2.32. The molecule has 0 fully saturated rings. The smallest absolute Gasteiger partial charge is 0.000838 e. The zero-order valence-electron chi connectivity index (χ0n) is 15.5. The van der Waals surface area contributed by atoms with E-state index in [2.05, 4.69) is 42.0 Å². The molecule has 0 rings (SSSR count). The Kier molecular flexibility index (Phi) is 18.8.